The Hall–Kier alpha value is -0.650. The van der Waals surface area contributed by atoms with Crippen molar-refractivity contribution < 1.29 is 23.4 Å². The Kier molecular flexibility index (Phi) is 4.03. The van der Waals surface area contributed by atoms with Gasteiger partial charge < -0.3 is 9.16 Å². The second-order valence-electron chi connectivity index (χ2n) is 7.50. The number of carbonyl (C=O) groups excluding carboxylic acids is 1. The minimum absolute atomic E-state index is 0.108. The van der Waals surface area contributed by atoms with Crippen LogP contribution in [0.5, 0.6) is 0 Å². The van der Waals surface area contributed by atoms with Gasteiger partial charge in [-0.3, -0.25) is 14.2 Å². The molecule has 3 rings (SSSR count). The second kappa shape index (κ2) is 5.46. The van der Waals surface area contributed by atoms with Crippen molar-refractivity contribution in [2.24, 2.45) is 17.3 Å². The van der Waals surface area contributed by atoms with E-state index in [2.05, 4.69) is 34.6 Å². The number of fused-ring (bicyclic) bond motifs is 1. The molecule has 0 bridgehead atoms. The van der Waals surface area contributed by atoms with Gasteiger partial charge in [0.1, 0.15) is 6.10 Å². The average Bonchev–Trinajstić information content (AvgIpc) is 2.77. The monoisotopic (exact) mass is 313 g/mol. The Morgan fingerprint density at radius 2 is 1.91 bits per heavy atom. The van der Waals surface area contributed by atoms with Crippen LogP contribution in [0.15, 0.2) is 0 Å². The van der Waals surface area contributed by atoms with Crippen molar-refractivity contribution in [3.05, 3.63) is 0 Å². The lowest BCUT2D eigenvalue weighted by Gasteiger charge is -2.39. The lowest BCUT2D eigenvalue weighted by molar-refractivity contribution is -0.469. The third kappa shape index (κ3) is 2.38. The van der Waals surface area contributed by atoms with Crippen molar-refractivity contribution in [2.45, 2.75) is 78.9 Å². The normalized spacial score (nSPS) is 47.5. The molecule has 126 valence electrons. The Labute approximate surface area is 132 Å². The fraction of sp³-hybridized carbons (Fsp3) is 0.941. The van der Waals surface area contributed by atoms with E-state index in [0.29, 0.717) is 24.4 Å². The Morgan fingerprint density at radius 1 is 1.18 bits per heavy atom. The van der Waals surface area contributed by atoms with Gasteiger partial charge in [-0.25, -0.2) is 0 Å². The molecule has 5 nitrogen and oxygen atoms in total. The highest BCUT2D eigenvalue weighted by atomic mass is 16.9. The highest BCUT2D eigenvalue weighted by Gasteiger charge is 2.68. The number of esters is 1. The molecule has 0 aliphatic carbocycles. The van der Waals surface area contributed by atoms with Crippen molar-refractivity contribution in [1.82, 2.24) is 0 Å². The van der Waals surface area contributed by atoms with E-state index in [1.54, 1.807) is 6.92 Å². The van der Waals surface area contributed by atoms with Gasteiger partial charge in [0.15, 0.2) is 12.9 Å². The van der Waals surface area contributed by atoms with Crippen LogP contribution in [0, 0.1) is 17.3 Å². The van der Waals surface area contributed by atoms with Gasteiger partial charge >= 0.3 is 11.9 Å². The summed E-state index contributed by atoms with van der Waals surface area (Å²) in [5.74, 6) is 0.156. The Morgan fingerprint density at radius 3 is 2.59 bits per heavy atom. The molecule has 22 heavy (non-hydrogen) atoms. The van der Waals surface area contributed by atoms with Crippen LogP contribution in [0.25, 0.3) is 0 Å². The predicted molar refractivity (Wildman–Crippen MR) is 81.0 cm³/mol. The smallest absolute Gasteiger partial charge is 0.346 e. The van der Waals surface area contributed by atoms with Crippen LogP contribution >= 0.6 is 0 Å². The summed E-state index contributed by atoms with van der Waals surface area (Å²) in [7, 11) is 0. The summed E-state index contributed by atoms with van der Waals surface area (Å²) in [6.07, 6.45) is 1.49. The summed E-state index contributed by atoms with van der Waals surface area (Å²) < 4.78 is 30.3. The van der Waals surface area contributed by atoms with Gasteiger partial charge in [0.2, 0.25) is 0 Å². The summed E-state index contributed by atoms with van der Waals surface area (Å²) in [5, 5.41) is 0. The molecule has 3 aliphatic heterocycles. The van der Waals surface area contributed by atoms with E-state index in [1.165, 1.54) is 0 Å². The number of ether oxygens (including phenoxy) is 4. The first kappa shape index (κ1) is 16.2. The molecule has 0 saturated carbocycles. The highest BCUT2D eigenvalue weighted by Crippen LogP contribution is 2.51. The van der Waals surface area contributed by atoms with Gasteiger partial charge in [-0.1, -0.05) is 20.8 Å². The summed E-state index contributed by atoms with van der Waals surface area (Å²) in [6.45, 7) is 13.2. The highest BCUT2D eigenvalue weighted by molar-refractivity contribution is 5.67. The van der Waals surface area contributed by atoms with Crippen LogP contribution in [0.2, 0.25) is 0 Å². The number of hydrogen-bond acceptors (Lipinski definition) is 4. The maximum absolute atomic E-state index is 6.36. The van der Waals surface area contributed by atoms with Gasteiger partial charge in [-0.2, -0.15) is 0 Å². The fourth-order valence-electron chi connectivity index (χ4n) is 3.67. The molecule has 0 amide bonds. The molecular formula is C17H29O5+. The molecule has 6 atom stereocenters. The third-order valence-electron chi connectivity index (χ3n) is 5.62. The first-order chi connectivity index (χ1) is 10.3. The molecule has 0 N–H and O–H groups in total. The van der Waals surface area contributed by atoms with Gasteiger partial charge in [-0.05, 0) is 32.1 Å². The van der Waals surface area contributed by atoms with Crippen molar-refractivity contribution in [2.75, 3.05) is 6.61 Å². The number of rotatable bonds is 1. The van der Waals surface area contributed by atoms with E-state index < -0.39 is 5.97 Å². The van der Waals surface area contributed by atoms with E-state index in [9.17, 15) is 0 Å². The van der Waals surface area contributed by atoms with Crippen LogP contribution in [-0.4, -0.2) is 37.0 Å². The molecule has 0 radical (unpaired) electrons. The summed E-state index contributed by atoms with van der Waals surface area (Å²) in [6, 6.07) is 0. The molecule has 1 spiro atoms. The standard InChI is InChI=1S/C17H29O5/c1-7-13-10(2)11(3)14-15(19-13)22-17(21-14)16(5,6)8-9-18-12(4)20-17/h10-11,13-15H,7-9H2,1-6H3/q+1/t10-,11+,13?,14?,15+,17?/m1/s1. The van der Waals surface area contributed by atoms with Crippen molar-refractivity contribution >= 4 is 5.97 Å². The maximum atomic E-state index is 6.36. The number of hydrogen-bond donors (Lipinski definition) is 0. The molecule has 0 aromatic carbocycles. The van der Waals surface area contributed by atoms with Crippen LogP contribution in [0.3, 0.4) is 0 Å². The van der Waals surface area contributed by atoms with Gasteiger partial charge in [0.25, 0.3) is 0 Å². The molecular weight excluding hydrogens is 284 g/mol. The Balaban J connectivity index is 1.90. The zero-order valence-electron chi connectivity index (χ0n) is 14.5. The molecule has 0 aromatic rings. The van der Waals surface area contributed by atoms with Gasteiger partial charge in [-0.15, -0.1) is 0 Å². The lowest BCUT2D eigenvalue weighted by atomic mass is 9.82. The largest absolute Gasteiger partial charge is 0.486 e. The first-order valence-corrected chi connectivity index (χ1v) is 8.46. The molecule has 3 unspecified atom stereocenters. The SMILES string of the molecule is CCC1O[C@H]2OC3(OC(C)=[O+]CCC3(C)C)OC2[C@@H](C)[C@H]1C. The predicted octanol–water partition coefficient (Wildman–Crippen LogP) is 2.99. The van der Waals surface area contributed by atoms with Crippen molar-refractivity contribution in [3.63, 3.8) is 0 Å². The average molecular weight is 313 g/mol. The summed E-state index contributed by atoms with van der Waals surface area (Å²) >= 11 is 0. The van der Waals surface area contributed by atoms with Gasteiger partial charge in [0.05, 0.1) is 18.4 Å². The molecule has 2 fully saturated rings. The molecule has 2 saturated heterocycles. The quantitative estimate of drug-likeness (QED) is 0.551. The lowest BCUT2D eigenvalue weighted by Crippen LogP contribution is -2.49. The van der Waals surface area contributed by atoms with E-state index >= 15 is 0 Å². The zero-order valence-corrected chi connectivity index (χ0v) is 14.5. The summed E-state index contributed by atoms with van der Waals surface area (Å²) in [4.78, 5) is 0. The van der Waals surface area contributed by atoms with E-state index in [0.717, 1.165) is 12.8 Å². The first-order valence-electron chi connectivity index (χ1n) is 8.46. The molecule has 3 aliphatic rings. The minimum atomic E-state index is -1.13. The van der Waals surface area contributed by atoms with Crippen LogP contribution in [-0.2, 0) is 23.4 Å². The fourth-order valence-corrected chi connectivity index (χ4v) is 3.67. The van der Waals surface area contributed by atoms with Crippen molar-refractivity contribution in [3.8, 4) is 0 Å². The molecule has 5 heteroatoms. The maximum Gasteiger partial charge on any atom is 0.486 e. The third-order valence-corrected chi connectivity index (χ3v) is 5.62. The van der Waals surface area contributed by atoms with Crippen molar-refractivity contribution in [1.29, 1.82) is 0 Å². The van der Waals surface area contributed by atoms with E-state index in [4.69, 9.17) is 23.4 Å². The topological polar surface area (TPSA) is 48.2 Å². The van der Waals surface area contributed by atoms with Crippen LogP contribution in [0.4, 0.5) is 0 Å². The second-order valence-corrected chi connectivity index (χ2v) is 7.50. The zero-order chi connectivity index (χ0) is 16.1. The van der Waals surface area contributed by atoms with E-state index in [-0.39, 0.29) is 23.9 Å². The minimum Gasteiger partial charge on any atom is -0.346 e. The Bertz CT molecular complexity index is 460. The molecule has 3 heterocycles. The van der Waals surface area contributed by atoms with E-state index in [1.807, 2.05) is 0 Å². The summed E-state index contributed by atoms with van der Waals surface area (Å²) in [5.41, 5.74) is -0.323. The molecule has 0 aromatic heterocycles. The van der Waals surface area contributed by atoms with Crippen LogP contribution < -0.4 is 0 Å². The van der Waals surface area contributed by atoms with Gasteiger partial charge in [0, 0.05) is 6.42 Å². The van der Waals surface area contributed by atoms with Crippen LogP contribution in [0.1, 0.15) is 54.4 Å².